The van der Waals surface area contributed by atoms with E-state index in [1.807, 2.05) is 0 Å². The molecule has 3 heteroatoms. The van der Waals surface area contributed by atoms with Crippen molar-refractivity contribution in [1.82, 2.24) is 4.90 Å². The highest BCUT2D eigenvalue weighted by molar-refractivity contribution is 9.09. The van der Waals surface area contributed by atoms with Crippen LogP contribution in [0.1, 0.15) is 51.4 Å². The fraction of sp³-hybridized carbons (Fsp3) is 0.933. The average molecular weight is 314 g/mol. The van der Waals surface area contributed by atoms with E-state index in [0.717, 1.165) is 30.1 Å². The van der Waals surface area contributed by atoms with Gasteiger partial charge in [0.05, 0.1) is 0 Å². The van der Waals surface area contributed by atoms with Crippen molar-refractivity contribution in [3.63, 3.8) is 0 Å². The summed E-state index contributed by atoms with van der Waals surface area (Å²) in [5.41, 5.74) is 0. The van der Waals surface area contributed by atoms with Gasteiger partial charge in [-0.15, -0.1) is 0 Å². The van der Waals surface area contributed by atoms with Crippen LogP contribution in [0.25, 0.3) is 0 Å². The molecule has 18 heavy (non-hydrogen) atoms. The van der Waals surface area contributed by atoms with Crippen LogP contribution < -0.4 is 0 Å². The van der Waals surface area contributed by atoms with E-state index in [9.17, 15) is 4.79 Å². The van der Waals surface area contributed by atoms with Crippen LogP contribution >= 0.6 is 15.9 Å². The van der Waals surface area contributed by atoms with Gasteiger partial charge in [0.2, 0.25) is 5.91 Å². The lowest BCUT2D eigenvalue weighted by molar-refractivity contribution is -0.141. The van der Waals surface area contributed by atoms with Crippen LogP contribution in [0.5, 0.6) is 0 Å². The van der Waals surface area contributed by atoms with E-state index < -0.39 is 0 Å². The van der Waals surface area contributed by atoms with E-state index in [2.05, 4.69) is 20.8 Å². The number of piperidine rings is 1. The maximum absolute atomic E-state index is 12.8. The van der Waals surface area contributed by atoms with Gasteiger partial charge in [0.1, 0.15) is 0 Å². The van der Waals surface area contributed by atoms with Crippen molar-refractivity contribution in [3.05, 3.63) is 0 Å². The summed E-state index contributed by atoms with van der Waals surface area (Å²) in [4.78, 5) is 15.0. The minimum Gasteiger partial charge on any atom is -0.339 e. The second-order valence-electron chi connectivity index (χ2n) is 6.44. The van der Waals surface area contributed by atoms with Crippen LogP contribution in [0.2, 0.25) is 0 Å². The molecular weight excluding hydrogens is 290 g/mol. The van der Waals surface area contributed by atoms with E-state index in [1.165, 1.54) is 44.9 Å². The number of likely N-dealkylation sites (tertiary alicyclic amines) is 1. The Hall–Kier alpha value is -0.0500. The summed E-state index contributed by atoms with van der Waals surface area (Å²) in [5, 5.41) is 1.03. The molecule has 2 saturated carbocycles. The van der Waals surface area contributed by atoms with Crippen molar-refractivity contribution in [1.29, 1.82) is 0 Å². The van der Waals surface area contributed by atoms with Gasteiger partial charge in [-0.05, 0) is 56.8 Å². The maximum atomic E-state index is 12.8. The Balaban J connectivity index is 1.66. The Morgan fingerprint density at radius 3 is 2.72 bits per heavy atom. The number of amides is 1. The molecule has 3 aliphatic rings. The van der Waals surface area contributed by atoms with Gasteiger partial charge in [0.25, 0.3) is 0 Å². The smallest absolute Gasteiger partial charge is 0.226 e. The highest BCUT2D eigenvalue weighted by Crippen LogP contribution is 2.49. The molecule has 1 amide bonds. The summed E-state index contributed by atoms with van der Waals surface area (Å²) < 4.78 is 0. The molecule has 0 aromatic carbocycles. The third kappa shape index (κ3) is 2.35. The van der Waals surface area contributed by atoms with Crippen molar-refractivity contribution in [3.8, 4) is 0 Å². The van der Waals surface area contributed by atoms with Crippen LogP contribution in [0.4, 0.5) is 0 Å². The predicted octanol–water partition coefficient (Wildman–Crippen LogP) is 3.59. The van der Waals surface area contributed by atoms with Crippen molar-refractivity contribution in [2.75, 3.05) is 11.9 Å². The van der Waals surface area contributed by atoms with Crippen LogP contribution in [0, 0.1) is 17.8 Å². The quantitative estimate of drug-likeness (QED) is 0.729. The lowest BCUT2D eigenvalue weighted by atomic mass is 9.86. The number of carbonyl (C=O) groups is 1. The number of hydrogen-bond donors (Lipinski definition) is 0. The Kier molecular flexibility index (Phi) is 3.97. The molecule has 3 rings (SSSR count). The third-order valence-corrected chi connectivity index (χ3v) is 5.87. The summed E-state index contributed by atoms with van der Waals surface area (Å²) in [6, 6.07) is 0.518. The number of alkyl halides is 1. The molecule has 1 heterocycles. The molecule has 1 saturated heterocycles. The second kappa shape index (κ2) is 5.52. The zero-order valence-electron chi connectivity index (χ0n) is 11.1. The highest BCUT2D eigenvalue weighted by atomic mass is 79.9. The first-order chi connectivity index (χ1) is 8.79. The minimum atomic E-state index is 0.389. The molecule has 4 atom stereocenters. The third-order valence-electron chi connectivity index (χ3n) is 5.41. The molecule has 0 spiro atoms. The summed E-state index contributed by atoms with van der Waals surface area (Å²) in [6.45, 7) is 1.02. The van der Waals surface area contributed by atoms with Crippen molar-refractivity contribution in [2.24, 2.45) is 17.8 Å². The van der Waals surface area contributed by atoms with E-state index in [4.69, 9.17) is 0 Å². The van der Waals surface area contributed by atoms with E-state index in [0.29, 0.717) is 17.9 Å². The van der Waals surface area contributed by atoms with Gasteiger partial charge < -0.3 is 4.90 Å². The molecule has 2 nitrogen and oxygen atoms in total. The standard InChI is InChI=1S/C15H24BrNO/c16-7-6-13-3-1-2-8-17(13)15(18)14-10-11-4-5-12(14)9-11/h11-14H,1-10H2. The van der Waals surface area contributed by atoms with Gasteiger partial charge in [0, 0.05) is 23.8 Å². The Morgan fingerprint density at radius 1 is 1.17 bits per heavy atom. The number of halogens is 1. The van der Waals surface area contributed by atoms with Gasteiger partial charge in [-0.1, -0.05) is 22.4 Å². The molecule has 0 N–H and O–H groups in total. The van der Waals surface area contributed by atoms with Gasteiger partial charge in [-0.25, -0.2) is 0 Å². The van der Waals surface area contributed by atoms with Crippen molar-refractivity contribution in [2.45, 2.75) is 57.4 Å². The summed E-state index contributed by atoms with van der Waals surface area (Å²) in [5.74, 6) is 2.50. The normalized spacial score (nSPS) is 39.3. The Morgan fingerprint density at radius 2 is 2.06 bits per heavy atom. The molecule has 4 unspecified atom stereocenters. The fourth-order valence-corrected chi connectivity index (χ4v) is 5.01. The topological polar surface area (TPSA) is 20.3 Å². The molecule has 0 aromatic heterocycles. The average Bonchev–Trinajstić information content (AvgIpc) is 3.01. The molecule has 1 aliphatic heterocycles. The predicted molar refractivity (Wildman–Crippen MR) is 76.7 cm³/mol. The summed E-state index contributed by atoms with van der Waals surface area (Å²) >= 11 is 3.54. The largest absolute Gasteiger partial charge is 0.339 e. The Labute approximate surface area is 119 Å². The minimum absolute atomic E-state index is 0.389. The zero-order chi connectivity index (χ0) is 12.5. The first-order valence-corrected chi connectivity index (χ1v) is 8.78. The van der Waals surface area contributed by atoms with Gasteiger partial charge in [-0.3, -0.25) is 4.79 Å². The van der Waals surface area contributed by atoms with Crippen molar-refractivity contribution < 1.29 is 4.79 Å². The first kappa shape index (κ1) is 13.0. The SMILES string of the molecule is O=C(C1CC2CCC1C2)N1CCCCC1CCBr. The molecule has 0 radical (unpaired) electrons. The number of rotatable bonds is 3. The number of hydrogen-bond acceptors (Lipinski definition) is 1. The van der Waals surface area contributed by atoms with Crippen LogP contribution in [-0.2, 0) is 4.79 Å². The monoisotopic (exact) mass is 313 g/mol. The lowest BCUT2D eigenvalue weighted by Crippen LogP contribution is -2.47. The van der Waals surface area contributed by atoms with Gasteiger partial charge in [-0.2, -0.15) is 0 Å². The number of carbonyl (C=O) groups excluding carboxylic acids is 1. The molecule has 0 aromatic rings. The fourth-order valence-electron chi connectivity index (χ4n) is 4.48. The second-order valence-corrected chi connectivity index (χ2v) is 7.23. The van der Waals surface area contributed by atoms with Gasteiger partial charge >= 0.3 is 0 Å². The maximum Gasteiger partial charge on any atom is 0.226 e. The summed E-state index contributed by atoms with van der Waals surface area (Å²) in [6.07, 6.45) is 10.1. The van der Waals surface area contributed by atoms with Crippen LogP contribution in [0.3, 0.4) is 0 Å². The zero-order valence-corrected chi connectivity index (χ0v) is 12.7. The Bertz CT molecular complexity index is 318. The lowest BCUT2D eigenvalue weighted by Gasteiger charge is -2.38. The molecular formula is C15H24BrNO. The van der Waals surface area contributed by atoms with Crippen LogP contribution in [0.15, 0.2) is 0 Å². The number of fused-ring (bicyclic) bond motifs is 2. The molecule has 2 bridgehead atoms. The van der Waals surface area contributed by atoms with Gasteiger partial charge in [0.15, 0.2) is 0 Å². The van der Waals surface area contributed by atoms with E-state index in [-0.39, 0.29) is 0 Å². The number of nitrogens with zero attached hydrogens (tertiary/aromatic N) is 1. The van der Waals surface area contributed by atoms with E-state index in [1.54, 1.807) is 0 Å². The molecule has 2 aliphatic carbocycles. The first-order valence-electron chi connectivity index (χ1n) is 7.66. The van der Waals surface area contributed by atoms with Crippen molar-refractivity contribution >= 4 is 21.8 Å². The highest BCUT2D eigenvalue weighted by Gasteiger charge is 2.45. The summed E-state index contributed by atoms with van der Waals surface area (Å²) in [7, 11) is 0. The van der Waals surface area contributed by atoms with E-state index >= 15 is 0 Å². The van der Waals surface area contributed by atoms with Crippen LogP contribution in [-0.4, -0.2) is 28.7 Å². The molecule has 3 fully saturated rings. The molecule has 102 valence electrons.